The lowest BCUT2D eigenvalue weighted by atomic mass is 10.2. The Morgan fingerprint density at radius 2 is 2.09 bits per heavy atom. The molecule has 59 valence electrons. The molecule has 2 nitrogen and oxygen atoms in total. The molecule has 0 bridgehead atoms. The first-order chi connectivity index (χ1) is 5.18. The van der Waals surface area contributed by atoms with E-state index in [4.69, 9.17) is 0 Å². The van der Waals surface area contributed by atoms with Crippen molar-refractivity contribution in [1.29, 1.82) is 0 Å². The first kappa shape index (κ1) is 8.27. The summed E-state index contributed by atoms with van der Waals surface area (Å²) in [6, 6.07) is 7.18. The largest absolute Gasteiger partial charge is 0.232 e. The van der Waals surface area contributed by atoms with Gasteiger partial charge in [-0.25, -0.2) is 8.42 Å². The highest BCUT2D eigenvalue weighted by molar-refractivity contribution is 7.71. The third kappa shape index (κ3) is 2.72. The molecule has 1 radical (unpaired) electrons. The maximum atomic E-state index is 10.3. The second-order valence-electron chi connectivity index (χ2n) is 2.31. The van der Waals surface area contributed by atoms with Crippen molar-refractivity contribution < 1.29 is 8.42 Å². The Morgan fingerprint density at radius 1 is 1.36 bits per heavy atom. The number of thiol groups is 1. The maximum Gasteiger partial charge on any atom is 0.144 e. The van der Waals surface area contributed by atoms with Crippen LogP contribution in [0, 0.1) is 6.92 Å². The number of benzene rings is 1. The van der Waals surface area contributed by atoms with E-state index in [0.717, 1.165) is 11.1 Å². The minimum absolute atomic E-state index is 0.110. The number of rotatable bonds is 2. The first-order valence-electron chi connectivity index (χ1n) is 3.21. The van der Waals surface area contributed by atoms with Crippen molar-refractivity contribution in [3.8, 4) is 0 Å². The van der Waals surface area contributed by atoms with E-state index in [-0.39, 0.29) is 5.75 Å². The normalized spacial score (nSPS) is 10.4. The van der Waals surface area contributed by atoms with E-state index in [1.165, 1.54) is 0 Å². The lowest BCUT2D eigenvalue weighted by molar-refractivity contribution is 0.614. The van der Waals surface area contributed by atoms with E-state index in [2.05, 4.69) is 6.92 Å². The minimum Gasteiger partial charge on any atom is -0.232 e. The average Bonchev–Trinajstić information content (AvgIpc) is 1.85. The molecule has 0 unspecified atom stereocenters. The molecule has 1 aromatic rings. The molecule has 0 aliphatic carbocycles. The Bertz CT molecular complexity index is 308. The molecule has 0 aromatic heterocycles. The zero-order valence-electron chi connectivity index (χ0n) is 5.99. The van der Waals surface area contributed by atoms with Gasteiger partial charge in [-0.2, -0.15) is 0 Å². The summed E-state index contributed by atoms with van der Waals surface area (Å²) in [5.41, 5.74) is 1.65. The summed E-state index contributed by atoms with van der Waals surface area (Å²) >= 11 is 0. The topological polar surface area (TPSA) is 34.1 Å². The zero-order valence-corrected chi connectivity index (χ0v) is 6.88. The molecule has 1 rings (SSSR count). The molecule has 11 heavy (non-hydrogen) atoms. The van der Waals surface area contributed by atoms with Gasteiger partial charge in [-0.05, 0) is 18.1 Å². The Kier molecular flexibility index (Phi) is 2.65. The van der Waals surface area contributed by atoms with Crippen LogP contribution in [0.15, 0.2) is 24.3 Å². The van der Waals surface area contributed by atoms with Gasteiger partial charge < -0.3 is 0 Å². The van der Waals surface area contributed by atoms with Crippen LogP contribution in [0.3, 0.4) is 0 Å². The van der Waals surface area contributed by atoms with Crippen molar-refractivity contribution in [2.75, 3.05) is 0 Å². The highest BCUT2D eigenvalue weighted by atomic mass is 32.2. The number of hydrogen-bond donors (Lipinski definition) is 1. The molecule has 0 saturated carbocycles. The predicted octanol–water partition coefficient (Wildman–Crippen LogP) is 0.980. The van der Waals surface area contributed by atoms with Crippen molar-refractivity contribution in [2.24, 2.45) is 0 Å². The molecule has 1 aromatic carbocycles. The molecule has 0 fully saturated rings. The SMILES string of the molecule is [CH2]c1cccc(C[SH](=O)=O)c1. The van der Waals surface area contributed by atoms with E-state index in [9.17, 15) is 8.42 Å². The van der Waals surface area contributed by atoms with Crippen LogP contribution < -0.4 is 0 Å². The third-order valence-electron chi connectivity index (χ3n) is 1.30. The molecule has 3 heteroatoms. The van der Waals surface area contributed by atoms with Crippen LogP contribution in [0.2, 0.25) is 0 Å². The van der Waals surface area contributed by atoms with Gasteiger partial charge in [0.2, 0.25) is 0 Å². The van der Waals surface area contributed by atoms with Crippen LogP contribution in [-0.4, -0.2) is 8.42 Å². The zero-order chi connectivity index (χ0) is 8.27. The Balaban J connectivity index is 2.87. The lowest BCUT2D eigenvalue weighted by Gasteiger charge is -1.95. The quantitative estimate of drug-likeness (QED) is 0.670. The fourth-order valence-electron chi connectivity index (χ4n) is 0.877. The van der Waals surface area contributed by atoms with Crippen molar-refractivity contribution in [2.45, 2.75) is 5.75 Å². The van der Waals surface area contributed by atoms with Crippen LogP contribution in [0.5, 0.6) is 0 Å². The summed E-state index contributed by atoms with van der Waals surface area (Å²) in [6.45, 7) is 3.69. The molecule has 0 heterocycles. The summed E-state index contributed by atoms with van der Waals surface area (Å²) in [5.74, 6) is 0.110. The van der Waals surface area contributed by atoms with Gasteiger partial charge in [-0.15, -0.1) is 0 Å². The maximum absolute atomic E-state index is 10.3. The van der Waals surface area contributed by atoms with Crippen molar-refractivity contribution in [3.05, 3.63) is 42.3 Å². The lowest BCUT2D eigenvalue weighted by Crippen LogP contribution is -1.86. The Hall–Kier alpha value is -0.830. The predicted molar refractivity (Wildman–Crippen MR) is 44.9 cm³/mol. The number of hydrogen-bond acceptors (Lipinski definition) is 2. The van der Waals surface area contributed by atoms with Crippen LogP contribution in [0.25, 0.3) is 0 Å². The van der Waals surface area contributed by atoms with Crippen LogP contribution in [-0.2, 0) is 16.5 Å². The molecule has 0 spiro atoms. The smallest absolute Gasteiger partial charge is 0.144 e. The fraction of sp³-hybridized carbons (Fsp3) is 0.125. The molecule has 0 N–H and O–H groups in total. The van der Waals surface area contributed by atoms with Gasteiger partial charge in [0.15, 0.2) is 0 Å². The van der Waals surface area contributed by atoms with E-state index >= 15 is 0 Å². The van der Waals surface area contributed by atoms with E-state index in [1.54, 1.807) is 18.2 Å². The van der Waals surface area contributed by atoms with Crippen LogP contribution in [0.4, 0.5) is 0 Å². The molecular formula is C8H9O2S. The molecule has 0 saturated heterocycles. The van der Waals surface area contributed by atoms with Gasteiger partial charge in [-0.3, -0.25) is 0 Å². The average molecular weight is 169 g/mol. The summed E-state index contributed by atoms with van der Waals surface area (Å²) in [5, 5.41) is 0. The van der Waals surface area contributed by atoms with Gasteiger partial charge in [0.1, 0.15) is 10.7 Å². The van der Waals surface area contributed by atoms with E-state index < -0.39 is 10.7 Å². The third-order valence-corrected chi connectivity index (χ3v) is 1.93. The summed E-state index contributed by atoms with van der Waals surface area (Å²) in [6.07, 6.45) is 0. The molecular weight excluding hydrogens is 160 g/mol. The Labute approximate surface area is 67.8 Å². The summed E-state index contributed by atoms with van der Waals surface area (Å²) in [7, 11) is -2.32. The monoisotopic (exact) mass is 169 g/mol. The highest BCUT2D eigenvalue weighted by Crippen LogP contribution is 2.04. The van der Waals surface area contributed by atoms with E-state index in [0.29, 0.717) is 0 Å². The molecule has 0 aliphatic heterocycles. The van der Waals surface area contributed by atoms with Crippen molar-refractivity contribution in [3.63, 3.8) is 0 Å². The van der Waals surface area contributed by atoms with E-state index in [1.807, 2.05) is 6.07 Å². The van der Waals surface area contributed by atoms with Gasteiger partial charge in [0.05, 0.1) is 5.75 Å². The minimum atomic E-state index is -2.32. The molecule has 0 amide bonds. The standard InChI is InChI=1S/C8H9O2S/c1-7-3-2-4-8(5-7)6-11(9)10/h2-5,11H,1,6H2. The van der Waals surface area contributed by atoms with Gasteiger partial charge >= 0.3 is 0 Å². The molecule has 0 atom stereocenters. The van der Waals surface area contributed by atoms with Crippen LogP contribution in [0.1, 0.15) is 11.1 Å². The first-order valence-corrected chi connectivity index (χ1v) is 4.57. The van der Waals surface area contributed by atoms with Crippen molar-refractivity contribution in [1.82, 2.24) is 0 Å². The van der Waals surface area contributed by atoms with Gasteiger partial charge in [0, 0.05) is 0 Å². The van der Waals surface area contributed by atoms with Gasteiger partial charge in [0.25, 0.3) is 0 Å². The summed E-state index contributed by atoms with van der Waals surface area (Å²) < 4.78 is 20.6. The fourth-order valence-corrected chi connectivity index (χ4v) is 1.37. The second-order valence-corrected chi connectivity index (χ2v) is 3.29. The Morgan fingerprint density at radius 3 is 2.64 bits per heavy atom. The van der Waals surface area contributed by atoms with Gasteiger partial charge in [-0.1, -0.05) is 24.3 Å². The highest BCUT2D eigenvalue weighted by Gasteiger charge is 1.92. The van der Waals surface area contributed by atoms with Crippen LogP contribution >= 0.6 is 0 Å². The summed E-state index contributed by atoms with van der Waals surface area (Å²) in [4.78, 5) is 0. The van der Waals surface area contributed by atoms with Crippen molar-refractivity contribution >= 4 is 10.7 Å². The second kappa shape index (κ2) is 3.53. The molecule has 0 aliphatic rings.